The smallest absolute Gasteiger partial charge is 0.405 e. The van der Waals surface area contributed by atoms with E-state index in [-0.39, 0.29) is 5.52 Å². The zero-order chi connectivity index (χ0) is 14.4. The molecule has 0 saturated carbocycles. The summed E-state index contributed by atoms with van der Waals surface area (Å²) in [6.07, 6.45) is -1.14. The van der Waals surface area contributed by atoms with Gasteiger partial charge in [0.2, 0.25) is 0 Å². The van der Waals surface area contributed by atoms with E-state index >= 15 is 0 Å². The van der Waals surface area contributed by atoms with Gasteiger partial charge in [-0.1, -0.05) is 15.9 Å². The van der Waals surface area contributed by atoms with Crippen molar-refractivity contribution in [2.24, 2.45) is 7.05 Å². The number of benzene rings is 1. The monoisotopic (exact) mass is 329 g/mol. The topological polar surface area (TPSA) is 67.2 Å². The lowest BCUT2D eigenvalue weighted by Gasteiger charge is -2.25. The number of rotatable bonds is 2. The first-order valence-corrected chi connectivity index (χ1v) is 6.35. The highest BCUT2D eigenvalue weighted by Gasteiger charge is 2.29. The van der Waals surface area contributed by atoms with Gasteiger partial charge in [0, 0.05) is 16.9 Å². The van der Waals surface area contributed by atoms with Crippen molar-refractivity contribution in [3.63, 3.8) is 0 Å². The second-order valence-electron chi connectivity index (χ2n) is 4.81. The molecule has 0 radical (unpaired) electrons. The van der Waals surface area contributed by atoms with Crippen LogP contribution in [0.5, 0.6) is 0 Å². The molecule has 1 heterocycles. The van der Waals surface area contributed by atoms with Crippen LogP contribution < -0.4 is 5.32 Å². The van der Waals surface area contributed by atoms with Crippen LogP contribution in [0.3, 0.4) is 0 Å². The van der Waals surface area contributed by atoms with E-state index in [1.165, 1.54) is 10.7 Å². The molecule has 2 rings (SSSR count). The van der Waals surface area contributed by atoms with Gasteiger partial charge in [-0.3, -0.25) is 4.68 Å². The van der Waals surface area contributed by atoms with Crippen molar-refractivity contribution in [3.05, 3.63) is 28.1 Å². The van der Waals surface area contributed by atoms with Gasteiger partial charge in [-0.25, -0.2) is 9.18 Å². The minimum atomic E-state index is -1.14. The summed E-state index contributed by atoms with van der Waals surface area (Å²) < 4.78 is 15.9. The van der Waals surface area contributed by atoms with Crippen LogP contribution in [0.4, 0.5) is 9.18 Å². The molecule has 1 amide bonds. The van der Waals surface area contributed by atoms with Gasteiger partial charge >= 0.3 is 6.09 Å². The fourth-order valence-electron chi connectivity index (χ4n) is 2.29. The van der Waals surface area contributed by atoms with E-state index in [0.717, 1.165) is 0 Å². The summed E-state index contributed by atoms with van der Waals surface area (Å²) in [6, 6.07) is 3.06. The highest BCUT2D eigenvalue weighted by molar-refractivity contribution is 9.10. The predicted octanol–water partition coefficient (Wildman–Crippen LogP) is 2.98. The third-order valence-corrected chi connectivity index (χ3v) is 3.33. The maximum atomic E-state index is 13.8. The summed E-state index contributed by atoms with van der Waals surface area (Å²) in [5.74, 6) is -0.447. The highest BCUT2D eigenvalue weighted by Crippen LogP contribution is 2.31. The van der Waals surface area contributed by atoms with Crippen LogP contribution in [0.15, 0.2) is 16.6 Å². The van der Waals surface area contributed by atoms with Crippen molar-refractivity contribution < 1.29 is 14.3 Å². The van der Waals surface area contributed by atoms with Crippen molar-refractivity contribution in [3.8, 4) is 0 Å². The Kier molecular flexibility index (Phi) is 3.25. The second kappa shape index (κ2) is 4.48. The number of carbonyl (C=O) groups is 1. The number of aromatic nitrogens is 2. The Morgan fingerprint density at radius 1 is 1.53 bits per heavy atom. The molecule has 0 atom stereocenters. The Hall–Kier alpha value is -1.63. The van der Waals surface area contributed by atoms with Gasteiger partial charge < -0.3 is 10.4 Å². The van der Waals surface area contributed by atoms with E-state index in [4.69, 9.17) is 5.11 Å². The van der Waals surface area contributed by atoms with Crippen molar-refractivity contribution in [1.82, 2.24) is 15.1 Å². The summed E-state index contributed by atoms with van der Waals surface area (Å²) in [5.41, 5.74) is -0.0613. The average Bonchev–Trinajstić information content (AvgIpc) is 2.53. The van der Waals surface area contributed by atoms with Crippen LogP contribution in [0.1, 0.15) is 19.5 Å². The van der Waals surface area contributed by atoms with Crippen molar-refractivity contribution >= 4 is 32.9 Å². The Morgan fingerprint density at radius 3 is 2.74 bits per heavy atom. The summed E-state index contributed by atoms with van der Waals surface area (Å²) in [5, 5.41) is 16.0. The largest absolute Gasteiger partial charge is 0.465 e. The van der Waals surface area contributed by atoms with Crippen molar-refractivity contribution in [2.45, 2.75) is 19.4 Å². The molecule has 1 aromatic carbocycles. The van der Waals surface area contributed by atoms with Crippen LogP contribution in [0, 0.1) is 5.82 Å². The van der Waals surface area contributed by atoms with E-state index in [0.29, 0.717) is 15.6 Å². The van der Waals surface area contributed by atoms with Crippen molar-refractivity contribution in [2.75, 3.05) is 0 Å². The summed E-state index contributed by atoms with van der Waals surface area (Å²) >= 11 is 3.23. The lowest BCUT2D eigenvalue weighted by Crippen LogP contribution is -2.41. The fraction of sp³-hybridized carbons (Fsp3) is 0.333. The Bertz CT molecular complexity index is 667. The molecule has 19 heavy (non-hydrogen) atoms. The van der Waals surface area contributed by atoms with E-state index < -0.39 is 17.4 Å². The lowest BCUT2D eigenvalue weighted by molar-refractivity contribution is 0.181. The van der Waals surface area contributed by atoms with Crippen molar-refractivity contribution in [1.29, 1.82) is 0 Å². The molecular weight excluding hydrogens is 317 g/mol. The van der Waals surface area contributed by atoms with Crippen LogP contribution in [-0.4, -0.2) is 21.0 Å². The molecule has 0 unspecified atom stereocenters. The molecule has 5 nitrogen and oxygen atoms in total. The van der Waals surface area contributed by atoms with Crippen LogP contribution >= 0.6 is 15.9 Å². The summed E-state index contributed by atoms with van der Waals surface area (Å²) in [7, 11) is 1.66. The fourth-order valence-corrected chi connectivity index (χ4v) is 2.72. The molecule has 7 heteroatoms. The van der Waals surface area contributed by atoms with E-state index in [2.05, 4.69) is 26.3 Å². The molecule has 0 aliphatic heterocycles. The highest BCUT2D eigenvalue weighted by atomic mass is 79.9. The zero-order valence-corrected chi connectivity index (χ0v) is 12.2. The Labute approximate surface area is 117 Å². The molecule has 0 aliphatic rings. The minimum Gasteiger partial charge on any atom is -0.465 e. The number of hydrogen-bond donors (Lipinski definition) is 2. The first-order chi connectivity index (χ1) is 8.72. The first kappa shape index (κ1) is 13.8. The number of amides is 1. The molecule has 1 aromatic heterocycles. The van der Waals surface area contributed by atoms with Gasteiger partial charge in [0.15, 0.2) is 5.82 Å². The quantitative estimate of drug-likeness (QED) is 0.890. The van der Waals surface area contributed by atoms with Gasteiger partial charge in [0.05, 0.1) is 11.2 Å². The lowest BCUT2D eigenvalue weighted by atomic mass is 9.97. The standard InChI is InChI=1S/C12H13BrFN3O2/c1-12(2,15-11(18)19)10-7-4-6(13)5-8(14)9(7)16-17(10)3/h4-5,15H,1-3H3,(H,18,19). The van der Waals surface area contributed by atoms with E-state index in [1.54, 1.807) is 27.0 Å². The molecule has 0 bridgehead atoms. The van der Waals surface area contributed by atoms with Crippen LogP contribution in [0.25, 0.3) is 10.9 Å². The number of hydrogen-bond acceptors (Lipinski definition) is 2. The Morgan fingerprint density at radius 2 is 2.16 bits per heavy atom. The number of halogens is 2. The SMILES string of the molecule is Cn1nc2c(F)cc(Br)cc2c1C(C)(C)NC(=O)O. The molecule has 0 saturated heterocycles. The molecule has 102 valence electrons. The number of nitrogens with zero attached hydrogens (tertiary/aromatic N) is 2. The van der Waals surface area contributed by atoms with Gasteiger partial charge in [-0.2, -0.15) is 5.10 Å². The van der Waals surface area contributed by atoms with Gasteiger partial charge in [0.25, 0.3) is 0 Å². The molecule has 0 spiro atoms. The summed E-state index contributed by atoms with van der Waals surface area (Å²) in [6.45, 7) is 3.41. The normalized spacial score (nSPS) is 11.8. The summed E-state index contributed by atoms with van der Waals surface area (Å²) in [4.78, 5) is 10.9. The molecule has 0 fully saturated rings. The third-order valence-electron chi connectivity index (χ3n) is 2.87. The number of aryl methyl sites for hydroxylation is 1. The number of carboxylic acid groups (broad SMARTS) is 1. The molecular formula is C12H13BrFN3O2. The third kappa shape index (κ3) is 2.42. The Balaban J connectivity index is 2.73. The number of nitrogens with one attached hydrogen (secondary N) is 1. The van der Waals surface area contributed by atoms with Gasteiger partial charge in [-0.15, -0.1) is 0 Å². The van der Waals surface area contributed by atoms with Crippen LogP contribution in [0.2, 0.25) is 0 Å². The van der Waals surface area contributed by atoms with E-state index in [9.17, 15) is 9.18 Å². The van der Waals surface area contributed by atoms with Crippen LogP contribution in [-0.2, 0) is 12.6 Å². The van der Waals surface area contributed by atoms with Gasteiger partial charge in [0.1, 0.15) is 5.52 Å². The maximum absolute atomic E-state index is 13.8. The zero-order valence-electron chi connectivity index (χ0n) is 10.7. The maximum Gasteiger partial charge on any atom is 0.405 e. The second-order valence-corrected chi connectivity index (χ2v) is 5.73. The minimum absolute atomic E-state index is 0.223. The first-order valence-electron chi connectivity index (χ1n) is 5.55. The molecule has 2 aromatic rings. The van der Waals surface area contributed by atoms with Gasteiger partial charge in [-0.05, 0) is 26.0 Å². The number of fused-ring (bicyclic) bond motifs is 1. The molecule has 2 N–H and O–H groups in total. The predicted molar refractivity (Wildman–Crippen MR) is 72.6 cm³/mol. The average molecular weight is 330 g/mol. The molecule has 0 aliphatic carbocycles. The van der Waals surface area contributed by atoms with E-state index in [1.807, 2.05) is 0 Å².